The molecular weight excluding hydrogens is 212 g/mol. The van der Waals surface area contributed by atoms with Crippen LogP contribution in [-0.2, 0) is 6.42 Å². The lowest BCUT2D eigenvalue weighted by atomic mass is 10.0. The highest BCUT2D eigenvalue weighted by Crippen LogP contribution is 2.13. The Bertz CT molecular complexity index is 411. The van der Waals surface area contributed by atoms with Crippen molar-refractivity contribution in [2.45, 2.75) is 53.9 Å². The predicted molar refractivity (Wildman–Crippen MR) is 69.3 cm³/mol. The molecule has 0 aliphatic heterocycles. The van der Waals surface area contributed by atoms with Crippen molar-refractivity contribution in [1.29, 1.82) is 0 Å². The van der Waals surface area contributed by atoms with E-state index in [1.54, 1.807) is 0 Å². The van der Waals surface area contributed by atoms with E-state index >= 15 is 0 Å². The molecule has 1 aromatic rings. The van der Waals surface area contributed by atoms with Crippen molar-refractivity contribution in [3.05, 3.63) is 22.8 Å². The van der Waals surface area contributed by atoms with Gasteiger partial charge in [-0.05, 0) is 32.6 Å². The lowest BCUT2D eigenvalue weighted by Gasteiger charge is -2.10. The summed E-state index contributed by atoms with van der Waals surface area (Å²) in [6.07, 6.45) is 2.54. The summed E-state index contributed by atoms with van der Waals surface area (Å²) in [6, 6.07) is 0. The Morgan fingerprint density at radius 1 is 1.18 bits per heavy atom. The van der Waals surface area contributed by atoms with Gasteiger partial charge in [0.15, 0.2) is 5.78 Å². The third-order valence-corrected chi connectivity index (χ3v) is 2.89. The fourth-order valence-electron chi connectivity index (χ4n) is 1.74. The molecule has 1 rings (SSSR count). The zero-order chi connectivity index (χ0) is 13.0. The van der Waals surface area contributed by atoms with Crippen molar-refractivity contribution in [3.8, 4) is 0 Å². The van der Waals surface area contributed by atoms with E-state index in [4.69, 9.17) is 0 Å². The van der Waals surface area contributed by atoms with Gasteiger partial charge in [-0.25, -0.2) is 4.98 Å². The summed E-state index contributed by atoms with van der Waals surface area (Å²) < 4.78 is 0. The predicted octanol–water partition coefficient (Wildman–Crippen LogP) is 3.27. The van der Waals surface area contributed by atoms with Crippen molar-refractivity contribution in [3.63, 3.8) is 0 Å². The number of ketones is 1. The highest BCUT2D eigenvalue weighted by molar-refractivity contribution is 5.94. The molecule has 0 aromatic carbocycles. The molecule has 1 heterocycles. The highest BCUT2D eigenvalue weighted by Gasteiger charge is 2.13. The molecule has 0 aliphatic carbocycles. The van der Waals surface area contributed by atoms with Gasteiger partial charge < -0.3 is 0 Å². The van der Waals surface area contributed by atoms with Gasteiger partial charge in [0, 0.05) is 6.42 Å². The van der Waals surface area contributed by atoms with E-state index in [9.17, 15) is 4.79 Å². The van der Waals surface area contributed by atoms with Crippen LogP contribution in [0.15, 0.2) is 0 Å². The minimum absolute atomic E-state index is 0.0773. The maximum absolute atomic E-state index is 11.7. The SMILES string of the molecule is CCC(=O)c1nc(C)c(CCC(C)C)nc1C. The van der Waals surface area contributed by atoms with E-state index in [-0.39, 0.29) is 5.78 Å². The van der Waals surface area contributed by atoms with Gasteiger partial charge in [-0.2, -0.15) is 0 Å². The molecule has 0 aliphatic rings. The van der Waals surface area contributed by atoms with Gasteiger partial charge in [0.25, 0.3) is 0 Å². The Kier molecular flexibility index (Phi) is 4.79. The van der Waals surface area contributed by atoms with Crippen LogP contribution < -0.4 is 0 Å². The fraction of sp³-hybridized carbons (Fsp3) is 0.643. The van der Waals surface area contributed by atoms with E-state index < -0.39 is 0 Å². The Morgan fingerprint density at radius 2 is 1.82 bits per heavy atom. The van der Waals surface area contributed by atoms with Crippen LogP contribution in [-0.4, -0.2) is 15.8 Å². The van der Waals surface area contributed by atoms with Gasteiger partial charge in [0.1, 0.15) is 5.69 Å². The quantitative estimate of drug-likeness (QED) is 0.734. The van der Waals surface area contributed by atoms with E-state index in [1.807, 2.05) is 20.8 Å². The molecule has 94 valence electrons. The first kappa shape index (κ1) is 13.8. The van der Waals surface area contributed by atoms with E-state index in [0.29, 0.717) is 18.0 Å². The van der Waals surface area contributed by atoms with Crippen LogP contribution in [0, 0.1) is 19.8 Å². The fourth-order valence-corrected chi connectivity index (χ4v) is 1.74. The third-order valence-electron chi connectivity index (χ3n) is 2.89. The summed E-state index contributed by atoms with van der Waals surface area (Å²) in [5.41, 5.74) is 3.23. The van der Waals surface area contributed by atoms with Crippen LogP contribution in [0.1, 0.15) is 61.2 Å². The first-order chi connectivity index (χ1) is 7.95. The molecule has 0 fully saturated rings. The normalized spacial score (nSPS) is 10.9. The van der Waals surface area contributed by atoms with Crippen LogP contribution in [0.5, 0.6) is 0 Å². The number of rotatable bonds is 5. The molecule has 0 atom stereocenters. The zero-order valence-electron chi connectivity index (χ0n) is 11.5. The maximum Gasteiger partial charge on any atom is 0.182 e. The van der Waals surface area contributed by atoms with Gasteiger partial charge in [-0.3, -0.25) is 9.78 Å². The smallest absolute Gasteiger partial charge is 0.182 e. The van der Waals surface area contributed by atoms with E-state index in [1.165, 1.54) is 0 Å². The number of Topliss-reactive ketones (excluding diaryl/α,β-unsaturated/α-hetero) is 1. The van der Waals surface area contributed by atoms with Crippen LogP contribution >= 0.6 is 0 Å². The topological polar surface area (TPSA) is 42.9 Å². The van der Waals surface area contributed by atoms with Crippen molar-refractivity contribution in [2.75, 3.05) is 0 Å². The average Bonchev–Trinajstić information content (AvgIpc) is 2.28. The first-order valence-electron chi connectivity index (χ1n) is 6.33. The number of nitrogens with zero attached hydrogens (tertiary/aromatic N) is 2. The number of hydrogen-bond donors (Lipinski definition) is 0. The van der Waals surface area contributed by atoms with Crippen LogP contribution in [0.4, 0.5) is 0 Å². The molecule has 0 saturated carbocycles. The molecule has 1 aromatic heterocycles. The summed E-state index contributed by atoms with van der Waals surface area (Å²) in [6.45, 7) is 10.1. The molecule has 3 nitrogen and oxygen atoms in total. The van der Waals surface area contributed by atoms with Crippen molar-refractivity contribution < 1.29 is 4.79 Å². The largest absolute Gasteiger partial charge is 0.292 e. The molecule has 0 spiro atoms. The summed E-state index contributed by atoms with van der Waals surface area (Å²) in [7, 11) is 0. The van der Waals surface area contributed by atoms with Crippen molar-refractivity contribution in [1.82, 2.24) is 9.97 Å². The monoisotopic (exact) mass is 234 g/mol. The number of aromatic nitrogens is 2. The molecule has 0 unspecified atom stereocenters. The molecular formula is C14H22N2O. The number of hydrogen-bond acceptors (Lipinski definition) is 3. The Labute approximate surface area is 104 Å². The number of carbonyl (C=O) groups excluding carboxylic acids is 1. The van der Waals surface area contributed by atoms with Gasteiger partial charge >= 0.3 is 0 Å². The highest BCUT2D eigenvalue weighted by atomic mass is 16.1. The molecule has 0 saturated heterocycles. The summed E-state index contributed by atoms with van der Waals surface area (Å²) in [5.74, 6) is 0.738. The molecule has 0 bridgehead atoms. The summed E-state index contributed by atoms with van der Waals surface area (Å²) in [4.78, 5) is 20.6. The average molecular weight is 234 g/mol. The maximum atomic E-state index is 11.7. The lowest BCUT2D eigenvalue weighted by molar-refractivity contribution is 0.0982. The summed E-state index contributed by atoms with van der Waals surface area (Å²) in [5, 5.41) is 0. The van der Waals surface area contributed by atoms with E-state index in [0.717, 1.165) is 29.9 Å². The van der Waals surface area contributed by atoms with E-state index in [2.05, 4.69) is 23.8 Å². The number of aryl methyl sites for hydroxylation is 3. The zero-order valence-corrected chi connectivity index (χ0v) is 11.5. The first-order valence-corrected chi connectivity index (χ1v) is 6.33. The molecule has 0 N–H and O–H groups in total. The van der Waals surface area contributed by atoms with Crippen LogP contribution in [0.3, 0.4) is 0 Å². The van der Waals surface area contributed by atoms with Gasteiger partial charge in [0.05, 0.1) is 17.1 Å². The third kappa shape index (κ3) is 3.62. The standard InChI is InChI=1S/C14H22N2O/c1-6-13(17)14-11(5)15-12(10(4)16-14)8-7-9(2)3/h9H,6-8H2,1-5H3. The van der Waals surface area contributed by atoms with Crippen molar-refractivity contribution >= 4 is 5.78 Å². The molecule has 0 amide bonds. The van der Waals surface area contributed by atoms with Crippen molar-refractivity contribution in [2.24, 2.45) is 5.92 Å². The second-order valence-corrected chi connectivity index (χ2v) is 4.90. The molecule has 3 heteroatoms. The minimum Gasteiger partial charge on any atom is -0.292 e. The molecule has 17 heavy (non-hydrogen) atoms. The Balaban J connectivity index is 2.97. The lowest BCUT2D eigenvalue weighted by Crippen LogP contribution is -2.10. The second-order valence-electron chi connectivity index (χ2n) is 4.90. The number of carbonyl (C=O) groups is 1. The minimum atomic E-state index is 0.0773. The van der Waals surface area contributed by atoms with Gasteiger partial charge in [0.2, 0.25) is 0 Å². The van der Waals surface area contributed by atoms with Crippen LogP contribution in [0.2, 0.25) is 0 Å². The Hall–Kier alpha value is -1.25. The van der Waals surface area contributed by atoms with Gasteiger partial charge in [-0.1, -0.05) is 20.8 Å². The summed E-state index contributed by atoms with van der Waals surface area (Å²) >= 11 is 0. The van der Waals surface area contributed by atoms with Gasteiger partial charge in [-0.15, -0.1) is 0 Å². The second kappa shape index (κ2) is 5.89. The molecule has 0 radical (unpaired) electrons. The Morgan fingerprint density at radius 3 is 2.35 bits per heavy atom. The van der Waals surface area contributed by atoms with Crippen LogP contribution in [0.25, 0.3) is 0 Å².